The quantitative estimate of drug-likeness (QED) is 0.235. The highest BCUT2D eigenvalue weighted by Gasteiger charge is 2.46. The molecule has 2 aliphatic rings. The molecule has 0 spiro atoms. The normalized spacial score (nSPS) is 26.6. The Hall–Kier alpha value is -3.04. The number of imidazole rings is 2. The van der Waals surface area contributed by atoms with Gasteiger partial charge in [0.25, 0.3) is 0 Å². The average molecular weight is 609 g/mol. The number of fused-ring (bicyclic) bond motifs is 2. The zero-order chi connectivity index (χ0) is 29.9. The van der Waals surface area contributed by atoms with Crippen molar-refractivity contribution in [3.63, 3.8) is 0 Å². The van der Waals surface area contributed by atoms with Crippen LogP contribution in [-0.4, -0.2) is 81.5 Å². The highest BCUT2D eigenvalue weighted by molar-refractivity contribution is 6.32. The van der Waals surface area contributed by atoms with E-state index in [9.17, 15) is 23.4 Å². The van der Waals surface area contributed by atoms with Gasteiger partial charge in [-0.2, -0.15) is 13.2 Å². The van der Waals surface area contributed by atoms with Crippen molar-refractivity contribution in [3.05, 3.63) is 41.2 Å². The number of ether oxygens (including phenoxy) is 1. The summed E-state index contributed by atoms with van der Waals surface area (Å²) in [5.74, 6) is 1.27. The van der Waals surface area contributed by atoms with Gasteiger partial charge in [0.2, 0.25) is 0 Å². The number of alkyl halides is 3. The van der Waals surface area contributed by atoms with Gasteiger partial charge in [-0.1, -0.05) is 11.6 Å². The summed E-state index contributed by atoms with van der Waals surface area (Å²) in [6.45, 7) is 4.60. The van der Waals surface area contributed by atoms with Crippen molar-refractivity contribution in [2.45, 2.75) is 82.3 Å². The molecule has 0 radical (unpaired) electrons. The molecular formula is C27H32ClF3N8O3. The van der Waals surface area contributed by atoms with Crippen LogP contribution < -0.4 is 5.73 Å². The topological polar surface area (TPSA) is 151 Å². The van der Waals surface area contributed by atoms with Crippen LogP contribution in [0.5, 0.6) is 0 Å². The number of benzene rings is 1. The van der Waals surface area contributed by atoms with E-state index in [4.69, 9.17) is 22.1 Å². The third-order valence-electron chi connectivity index (χ3n) is 8.45. The molecule has 1 saturated heterocycles. The van der Waals surface area contributed by atoms with Crippen molar-refractivity contribution in [1.29, 1.82) is 0 Å². The fraction of sp³-hybridized carbons (Fsp3) is 0.556. The minimum absolute atomic E-state index is 0.174. The number of aryl methyl sites for hydroxylation is 1. The number of hydrogen-bond donors (Lipinski definition) is 4. The van der Waals surface area contributed by atoms with Gasteiger partial charge in [-0.3, -0.25) is 9.47 Å². The predicted octanol–water partition coefficient (Wildman–Crippen LogP) is 3.70. The number of aromatic nitrogens is 6. The molecular weight excluding hydrogens is 577 g/mol. The van der Waals surface area contributed by atoms with E-state index in [0.717, 1.165) is 25.3 Å². The number of aliphatic hydroxyl groups excluding tert-OH is 2. The van der Waals surface area contributed by atoms with Crippen LogP contribution in [0, 0.1) is 5.92 Å². The molecule has 1 aromatic carbocycles. The number of H-pyrrole nitrogens is 1. The molecule has 42 heavy (non-hydrogen) atoms. The minimum atomic E-state index is -4.53. The number of halogens is 4. The van der Waals surface area contributed by atoms with Gasteiger partial charge in [-0.15, -0.1) is 0 Å². The predicted molar refractivity (Wildman–Crippen MR) is 148 cm³/mol. The van der Waals surface area contributed by atoms with Crippen LogP contribution in [0.4, 0.5) is 19.0 Å². The Morgan fingerprint density at radius 3 is 2.67 bits per heavy atom. The Kier molecular flexibility index (Phi) is 7.54. The maximum atomic E-state index is 13.2. The monoisotopic (exact) mass is 608 g/mol. The van der Waals surface area contributed by atoms with E-state index >= 15 is 0 Å². The number of nitrogen functional groups attached to an aromatic ring is 1. The zero-order valence-electron chi connectivity index (χ0n) is 23.0. The van der Waals surface area contributed by atoms with E-state index in [2.05, 4.69) is 43.7 Å². The molecule has 1 saturated carbocycles. The molecule has 4 aromatic rings. The summed E-state index contributed by atoms with van der Waals surface area (Å²) in [6.07, 6.45) is -2.24. The highest BCUT2D eigenvalue weighted by atomic mass is 35.5. The number of nitrogens with two attached hydrogens (primary N) is 1. The van der Waals surface area contributed by atoms with Crippen molar-refractivity contribution in [3.8, 4) is 0 Å². The summed E-state index contributed by atoms with van der Waals surface area (Å²) in [4.78, 5) is 22.1. The summed E-state index contributed by atoms with van der Waals surface area (Å²) in [5.41, 5.74) is 6.54. The molecule has 0 bridgehead atoms. The zero-order valence-corrected chi connectivity index (χ0v) is 23.7. The number of aliphatic hydroxyl groups is 2. The van der Waals surface area contributed by atoms with Gasteiger partial charge in [0, 0.05) is 25.0 Å². The van der Waals surface area contributed by atoms with Crippen LogP contribution in [0.1, 0.15) is 50.7 Å². The van der Waals surface area contributed by atoms with Gasteiger partial charge in [-0.25, -0.2) is 19.9 Å². The SMILES string of the molecule is CC(C)N(C[C@H]1OC(n2cnc3c(N)ncnc32)[C@H](O)[C@@H]1O)[C@H]1C[C@@H](CCc2nc3cc(Cl)c(C(F)(F)F)cc3[nH]2)C1. The molecule has 1 unspecified atom stereocenters. The average Bonchev–Trinajstić information content (AvgIpc) is 3.58. The maximum absolute atomic E-state index is 13.2. The Morgan fingerprint density at radius 1 is 1.19 bits per heavy atom. The fourth-order valence-corrected chi connectivity index (χ4v) is 6.39. The highest BCUT2D eigenvalue weighted by Crippen LogP contribution is 2.39. The van der Waals surface area contributed by atoms with E-state index in [1.165, 1.54) is 18.7 Å². The van der Waals surface area contributed by atoms with Crippen LogP contribution in [0.2, 0.25) is 5.02 Å². The molecule has 0 amide bonds. The van der Waals surface area contributed by atoms with Crippen molar-refractivity contribution in [2.75, 3.05) is 12.3 Å². The van der Waals surface area contributed by atoms with Crippen molar-refractivity contribution in [1.82, 2.24) is 34.4 Å². The molecule has 4 heterocycles. The Balaban J connectivity index is 1.06. The fourth-order valence-electron chi connectivity index (χ4n) is 6.12. The van der Waals surface area contributed by atoms with Gasteiger partial charge in [-0.05, 0) is 51.2 Å². The van der Waals surface area contributed by atoms with E-state index in [-0.39, 0.29) is 22.9 Å². The lowest BCUT2D eigenvalue weighted by Gasteiger charge is -2.46. The maximum Gasteiger partial charge on any atom is 0.417 e. The molecule has 2 fully saturated rings. The van der Waals surface area contributed by atoms with Crippen LogP contribution >= 0.6 is 11.6 Å². The lowest BCUT2D eigenvalue weighted by molar-refractivity contribution is -0.137. The molecule has 6 rings (SSSR count). The van der Waals surface area contributed by atoms with Crippen LogP contribution in [0.3, 0.4) is 0 Å². The number of aromatic amines is 1. The lowest BCUT2D eigenvalue weighted by atomic mass is 9.76. The molecule has 1 aliphatic heterocycles. The molecule has 5 N–H and O–H groups in total. The van der Waals surface area contributed by atoms with Gasteiger partial charge in [0.15, 0.2) is 17.7 Å². The molecule has 226 valence electrons. The number of rotatable bonds is 8. The summed E-state index contributed by atoms with van der Waals surface area (Å²) in [6, 6.07) is 2.70. The Bertz CT molecular complexity index is 1590. The largest absolute Gasteiger partial charge is 0.417 e. The minimum Gasteiger partial charge on any atom is -0.387 e. The first-order valence-electron chi connectivity index (χ1n) is 13.9. The number of nitrogens with zero attached hydrogens (tertiary/aromatic N) is 6. The first kappa shape index (κ1) is 29.1. The van der Waals surface area contributed by atoms with E-state index in [1.54, 1.807) is 4.57 Å². The Morgan fingerprint density at radius 2 is 1.95 bits per heavy atom. The van der Waals surface area contributed by atoms with Crippen LogP contribution in [-0.2, 0) is 17.3 Å². The molecule has 15 heteroatoms. The van der Waals surface area contributed by atoms with E-state index < -0.39 is 36.3 Å². The number of nitrogens with one attached hydrogen (secondary N) is 1. The molecule has 3 aromatic heterocycles. The number of hydrogen-bond acceptors (Lipinski definition) is 9. The second-order valence-corrected chi connectivity index (χ2v) is 11.9. The molecule has 4 atom stereocenters. The van der Waals surface area contributed by atoms with Gasteiger partial charge in [0.05, 0.1) is 27.9 Å². The van der Waals surface area contributed by atoms with Gasteiger partial charge >= 0.3 is 6.18 Å². The van der Waals surface area contributed by atoms with Crippen LogP contribution in [0.15, 0.2) is 24.8 Å². The van der Waals surface area contributed by atoms with E-state index in [1.807, 2.05) is 0 Å². The number of anilines is 1. The van der Waals surface area contributed by atoms with Crippen molar-refractivity contribution < 1.29 is 28.1 Å². The summed E-state index contributed by atoms with van der Waals surface area (Å²) >= 11 is 5.84. The van der Waals surface area contributed by atoms with Gasteiger partial charge < -0.3 is 25.7 Å². The Labute approximate surface area is 243 Å². The van der Waals surface area contributed by atoms with Crippen molar-refractivity contribution >= 4 is 39.6 Å². The summed E-state index contributed by atoms with van der Waals surface area (Å²) in [5, 5.41) is 21.4. The lowest BCUT2D eigenvalue weighted by Crippen LogP contribution is -2.52. The van der Waals surface area contributed by atoms with Gasteiger partial charge in [0.1, 0.15) is 36.0 Å². The summed E-state index contributed by atoms with van der Waals surface area (Å²) in [7, 11) is 0. The third-order valence-corrected chi connectivity index (χ3v) is 8.76. The molecule has 1 aliphatic carbocycles. The molecule has 11 nitrogen and oxygen atoms in total. The second-order valence-electron chi connectivity index (χ2n) is 11.5. The third kappa shape index (κ3) is 5.30. The first-order valence-corrected chi connectivity index (χ1v) is 14.2. The standard InChI is InChI=1S/C27H32ClF3N8O3/c1-12(2)38(9-19-22(40)23(41)26(42-19)39-11-35-21-24(32)33-10-34-25(21)39)14-5-13(6-14)3-4-20-36-17-7-15(27(29,30)31)16(28)8-18(17)37-20/h7-8,10-14,19,22-23,26,40-41H,3-6,9H2,1-2H3,(H,36,37)(H2,32,33,34)/t13-,14+,19-,22-,23-,26?/m1/s1. The van der Waals surface area contributed by atoms with Crippen molar-refractivity contribution in [2.24, 2.45) is 5.92 Å². The second kappa shape index (κ2) is 10.9. The summed E-state index contributed by atoms with van der Waals surface area (Å²) < 4.78 is 47.3. The van der Waals surface area contributed by atoms with E-state index in [0.29, 0.717) is 46.9 Å². The smallest absolute Gasteiger partial charge is 0.387 e. The van der Waals surface area contributed by atoms with Crippen LogP contribution in [0.25, 0.3) is 22.2 Å². The first-order chi connectivity index (χ1) is 19.9.